The van der Waals surface area contributed by atoms with Crippen molar-refractivity contribution in [3.63, 3.8) is 0 Å². The quantitative estimate of drug-likeness (QED) is 0.640. The molecule has 2 rings (SSSR count). The van der Waals surface area contributed by atoms with Gasteiger partial charge in [0, 0.05) is 6.42 Å². The summed E-state index contributed by atoms with van der Waals surface area (Å²) in [5.41, 5.74) is -0.568. The van der Waals surface area contributed by atoms with Crippen molar-refractivity contribution in [2.45, 2.75) is 24.2 Å². The third-order valence-corrected chi connectivity index (χ3v) is 3.62. The van der Waals surface area contributed by atoms with Gasteiger partial charge in [0.25, 0.3) is 0 Å². The maximum Gasteiger partial charge on any atom is 0.140 e. The van der Waals surface area contributed by atoms with Gasteiger partial charge >= 0.3 is 0 Å². The highest BCUT2D eigenvalue weighted by atomic mass is 16.3. The Morgan fingerprint density at radius 1 is 0.810 bits per heavy atom. The number of hydrogen-bond donors (Lipinski definition) is 4. The zero-order valence-electron chi connectivity index (χ0n) is 11.6. The van der Waals surface area contributed by atoms with E-state index < -0.39 is 24.4 Å². The number of aliphatic hydroxyl groups excluding tert-OH is 3. The van der Waals surface area contributed by atoms with Gasteiger partial charge in [-0.1, -0.05) is 60.7 Å². The van der Waals surface area contributed by atoms with Crippen LogP contribution in [-0.4, -0.2) is 39.2 Å². The molecule has 0 amide bonds. The van der Waals surface area contributed by atoms with Gasteiger partial charge in [-0.15, -0.1) is 0 Å². The normalized spacial score (nSPS) is 14.7. The highest BCUT2D eigenvalue weighted by molar-refractivity contribution is 5.37. The number of benzene rings is 2. The second kappa shape index (κ2) is 6.83. The molecule has 112 valence electrons. The average Bonchev–Trinajstić information content (AvgIpc) is 2.55. The molecule has 21 heavy (non-hydrogen) atoms. The second-order valence-electron chi connectivity index (χ2n) is 5.09. The Balaban J connectivity index is 2.44. The second-order valence-corrected chi connectivity index (χ2v) is 5.09. The van der Waals surface area contributed by atoms with Crippen LogP contribution in [-0.2, 0) is 5.60 Å². The molecule has 0 aliphatic heterocycles. The first-order chi connectivity index (χ1) is 10.1. The monoisotopic (exact) mass is 288 g/mol. The van der Waals surface area contributed by atoms with Crippen LogP contribution in [0.15, 0.2) is 60.7 Å². The number of hydrogen-bond acceptors (Lipinski definition) is 4. The molecule has 2 unspecified atom stereocenters. The molecular formula is C17H20O4. The van der Waals surface area contributed by atoms with E-state index in [1.807, 2.05) is 12.1 Å². The summed E-state index contributed by atoms with van der Waals surface area (Å²) in [7, 11) is 0. The van der Waals surface area contributed by atoms with Gasteiger partial charge in [0.15, 0.2) is 0 Å². The van der Waals surface area contributed by atoms with Gasteiger partial charge in [-0.3, -0.25) is 0 Å². The zero-order valence-corrected chi connectivity index (χ0v) is 11.6. The summed E-state index contributed by atoms with van der Waals surface area (Å²) < 4.78 is 0. The lowest BCUT2D eigenvalue weighted by Crippen LogP contribution is -2.43. The standard InChI is InChI=1S/C17H20O4/c18-12-15(19)11-16(20)17(21,13-7-3-1-4-8-13)14-9-5-2-6-10-14/h1-10,15-16,18-21H,11-12H2. The molecule has 0 heterocycles. The third-order valence-electron chi connectivity index (χ3n) is 3.62. The summed E-state index contributed by atoms with van der Waals surface area (Å²) >= 11 is 0. The Morgan fingerprint density at radius 3 is 1.62 bits per heavy atom. The molecule has 4 heteroatoms. The molecule has 2 aromatic carbocycles. The summed E-state index contributed by atoms with van der Waals surface area (Å²) in [5.74, 6) is 0. The molecule has 0 saturated carbocycles. The van der Waals surface area contributed by atoms with Crippen LogP contribution < -0.4 is 0 Å². The summed E-state index contributed by atoms with van der Waals surface area (Å²) in [6, 6.07) is 17.6. The minimum Gasteiger partial charge on any atom is -0.394 e. The van der Waals surface area contributed by atoms with Gasteiger partial charge in [-0.05, 0) is 11.1 Å². The van der Waals surface area contributed by atoms with E-state index in [9.17, 15) is 15.3 Å². The lowest BCUT2D eigenvalue weighted by Gasteiger charge is -2.35. The van der Waals surface area contributed by atoms with Crippen LogP contribution >= 0.6 is 0 Å². The molecule has 0 saturated heterocycles. The average molecular weight is 288 g/mol. The molecule has 0 spiro atoms. The van der Waals surface area contributed by atoms with Gasteiger partial charge in [-0.2, -0.15) is 0 Å². The fourth-order valence-electron chi connectivity index (χ4n) is 2.44. The van der Waals surface area contributed by atoms with Crippen molar-refractivity contribution in [2.75, 3.05) is 6.61 Å². The van der Waals surface area contributed by atoms with Crippen LogP contribution in [0.1, 0.15) is 17.5 Å². The van der Waals surface area contributed by atoms with Crippen molar-refractivity contribution in [3.8, 4) is 0 Å². The minimum absolute atomic E-state index is 0.128. The first kappa shape index (κ1) is 15.7. The number of aliphatic hydroxyl groups is 4. The third kappa shape index (κ3) is 3.31. The maximum atomic E-state index is 11.1. The fraction of sp³-hybridized carbons (Fsp3) is 0.294. The van der Waals surface area contributed by atoms with Crippen molar-refractivity contribution < 1.29 is 20.4 Å². The Labute approximate surface area is 123 Å². The molecule has 2 aromatic rings. The maximum absolute atomic E-state index is 11.1. The molecule has 0 aliphatic rings. The van der Waals surface area contributed by atoms with Crippen LogP contribution in [0.4, 0.5) is 0 Å². The Kier molecular flexibility index (Phi) is 5.09. The summed E-state index contributed by atoms with van der Waals surface area (Å²) in [5, 5.41) is 40.1. The lowest BCUT2D eigenvalue weighted by atomic mass is 9.80. The Hall–Kier alpha value is -1.72. The van der Waals surface area contributed by atoms with Gasteiger partial charge in [-0.25, -0.2) is 0 Å². The van der Waals surface area contributed by atoms with Gasteiger partial charge in [0.05, 0.1) is 18.8 Å². The van der Waals surface area contributed by atoms with Crippen molar-refractivity contribution in [1.82, 2.24) is 0 Å². The lowest BCUT2D eigenvalue weighted by molar-refractivity contribution is -0.0749. The molecule has 0 fully saturated rings. The van der Waals surface area contributed by atoms with E-state index in [1.165, 1.54) is 0 Å². The first-order valence-electron chi connectivity index (χ1n) is 6.89. The van der Waals surface area contributed by atoms with Crippen molar-refractivity contribution in [1.29, 1.82) is 0 Å². The van der Waals surface area contributed by atoms with E-state index in [-0.39, 0.29) is 6.42 Å². The van der Waals surface area contributed by atoms with Crippen LogP contribution in [0.2, 0.25) is 0 Å². The minimum atomic E-state index is -1.64. The van der Waals surface area contributed by atoms with Crippen molar-refractivity contribution in [3.05, 3.63) is 71.8 Å². The predicted molar refractivity (Wildman–Crippen MR) is 79.6 cm³/mol. The molecular weight excluding hydrogens is 268 g/mol. The van der Waals surface area contributed by atoms with Gasteiger partial charge in [0.1, 0.15) is 5.60 Å². The molecule has 2 atom stereocenters. The molecule has 0 aromatic heterocycles. The Morgan fingerprint density at radius 2 is 1.24 bits per heavy atom. The predicted octanol–water partition coefficient (Wildman–Crippen LogP) is 1.03. The zero-order chi connectivity index (χ0) is 15.3. The summed E-state index contributed by atoms with van der Waals surface area (Å²) in [6.45, 7) is -0.462. The fourth-order valence-corrected chi connectivity index (χ4v) is 2.44. The summed E-state index contributed by atoms with van der Waals surface area (Å²) in [4.78, 5) is 0. The highest BCUT2D eigenvalue weighted by Gasteiger charge is 2.40. The van der Waals surface area contributed by atoms with E-state index in [0.717, 1.165) is 0 Å². The van der Waals surface area contributed by atoms with Crippen LogP contribution in [0, 0.1) is 0 Å². The van der Waals surface area contributed by atoms with E-state index >= 15 is 0 Å². The summed E-state index contributed by atoms with van der Waals surface area (Å²) in [6.07, 6.45) is -2.46. The topological polar surface area (TPSA) is 80.9 Å². The van der Waals surface area contributed by atoms with E-state index in [1.54, 1.807) is 48.5 Å². The largest absolute Gasteiger partial charge is 0.394 e. The van der Waals surface area contributed by atoms with Crippen LogP contribution in [0.25, 0.3) is 0 Å². The smallest absolute Gasteiger partial charge is 0.140 e. The number of rotatable bonds is 6. The van der Waals surface area contributed by atoms with Crippen LogP contribution in [0.5, 0.6) is 0 Å². The van der Waals surface area contributed by atoms with E-state index in [4.69, 9.17) is 5.11 Å². The molecule has 0 aliphatic carbocycles. The van der Waals surface area contributed by atoms with E-state index in [0.29, 0.717) is 11.1 Å². The molecule has 0 radical (unpaired) electrons. The van der Waals surface area contributed by atoms with Crippen LogP contribution in [0.3, 0.4) is 0 Å². The SMILES string of the molecule is OCC(O)CC(O)C(O)(c1ccccc1)c1ccccc1. The van der Waals surface area contributed by atoms with Gasteiger partial charge < -0.3 is 20.4 Å². The van der Waals surface area contributed by atoms with E-state index in [2.05, 4.69) is 0 Å². The Bertz CT molecular complexity index is 502. The molecule has 4 nitrogen and oxygen atoms in total. The van der Waals surface area contributed by atoms with Gasteiger partial charge in [0.2, 0.25) is 0 Å². The molecule has 4 N–H and O–H groups in total. The van der Waals surface area contributed by atoms with Crippen molar-refractivity contribution >= 4 is 0 Å². The van der Waals surface area contributed by atoms with Crippen molar-refractivity contribution in [2.24, 2.45) is 0 Å². The first-order valence-corrected chi connectivity index (χ1v) is 6.89. The molecule has 0 bridgehead atoms. The highest BCUT2D eigenvalue weighted by Crippen LogP contribution is 2.34.